The van der Waals surface area contributed by atoms with Crippen molar-refractivity contribution in [1.82, 2.24) is 0 Å². The van der Waals surface area contributed by atoms with Crippen molar-refractivity contribution < 1.29 is 22.4 Å². The van der Waals surface area contributed by atoms with E-state index in [0.717, 1.165) is 22.8 Å². The number of aliphatic hydroxyl groups is 1. The van der Waals surface area contributed by atoms with Crippen LogP contribution in [0.2, 0.25) is 0 Å². The molecule has 0 bridgehead atoms. The minimum atomic E-state index is -3.61. The Morgan fingerprint density at radius 1 is 0.963 bits per heavy atom. The summed E-state index contributed by atoms with van der Waals surface area (Å²) in [4.78, 5) is 0. The number of hydrogen-bond donors (Lipinski definition) is 1. The molecule has 0 saturated heterocycles. The van der Waals surface area contributed by atoms with Crippen molar-refractivity contribution in [3.8, 4) is 17.2 Å². The molecule has 0 aliphatic heterocycles. The van der Waals surface area contributed by atoms with Crippen LogP contribution < -0.4 is 8.92 Å². The third kappa shape index (κ3) is 4.99. The third-order valence-electron chi connectivity index (χ3n) is 4.09. The van der Waals surface area contributed by atoms with Gasteiger partial charge in [0.2, 0.25) is 0 Å². The van der Waals surface area contributed by atoms with E-state index in [2.05, 4.69) is 0 Å². The Bertz CT molecular complexity index is 1030. The van der Waals surface area contributed by atoms with Crippen molar-refractivity contribution in [3.05, 3.63) is 66.2 Å². The molecule has 3 rings (SSSR count). The molecule has 27 heavy (non-hydrogen) atoms. The number of unbranched alkanes of at least 4 members (excludes halogenated alkanes) is 1. The first-order chi connectivity index (χ1) is 13.0. The molecule has 3 aromatic rings. The highest BCUT2D eigenvalue weighted by Gasteiger charge is 2.13. The molecule has 6 heteroatoms. The molecule has 0 amide bonds. The maximum absolute atomic E-state index is 12.0. The fourth-order valence-electron chi connectivity index (χ4n) is 2.72. The van der Waals surface area contributed by atoms with Crippen LogP contribution in [0.5, 0.6) is 17.2 Å². The van der Waals surface area contributed by atoms with Gasteiger partial charge in [0.05, 0.1) is 12.4 Å². The number of rotatable bonds is 8. The van der Waals surface area contributed by atoms with Crippen LogP contribution in [0.25, 0.3) is 10.8 Å². The third-order valence-corrected chi connectivity index (χ3v) is 5.33. The lowest BCUT2D eigenvalue weighted by atomic mass is 10.1. The van der Waals surface area contributed by atoms with Crippen LogP contribution in [0.15, 0.2) is 60.7 Å². The zero-order valence-corrected chi connectivity index (χ0v) is 15.9. The predicted molar refractivity (Wildman–Crippen MR) is 106 cm³/mol. The molecule has 0 atom stereocenters. The van der Waals surface area contributed by atoms with E-state index in [1.54, 1.807) is 24.3 Å². The Kier molecular flexibility index (Phi) is 5.98. The summed E-state index contributed by atoms with van der Waals surface area (Å²) >= 11 is 0. The minimum Gasteiger partial charge on any atom is -0.457 e. The van der Waals surface area contributed by atoms with Crippen LogP contribution in [-0.2, 0) is 16.7 Å². The fraction of sp³-hybridized carbons (Fsp3) is 0.238. The first kappa shape index (κ1) is 19.2. The van der Waals surface area contributed by atoms with Crippen molar-refractivity contribution in [2.45, 2.75) is 26.4 Å². The van der Waals surface area contributed by atoms with Gasteiger partial charge in [-0.1, -0.05) is 43.7 Å². The lowest BCUT2D eigenvalue weighted by Gasteiger charge is -2.11. The van der Waals surface area contributed by atoms with Crippen LogP contribution in [0, 0.1) is 0 Å². The van der Waals surface area contributed by atoms with E-state index >= 15 is 0 Å². The van der Waals surface area contributed by atoms with Gasteiger partial charge in [0.25, 0.3) is 0 Å². The van der Waals surface area contributed by atoms with Gasteiger partial charge in [-0.25, -0.2) is 0 Å². The predicted octanol–water partition coefficient (Wildman–Crippen LogP) is 4.63. The molecule has 0 spiro atoms. The van der Waals surface area contributed by atoms with E-state index in [9.17, 15) is 13.5 Å². The van der Waals surface area contributed by atoms with E-state index in [4.69, 9.17) is 8.92 Å². The largest absolute Gasteiger partial charge is 0.457 e. The quantitative estimate of drug-likeness (QED) is 0.571. The van der Waals surface area contributed by atoms with E-state index in [1.165, 1.54) is 0 Å². The normalized spacial score (nSPS) is 11.5. The zero-order chi connectivity index (χ0) is 19.3. The zero-order valence-electron chi connectivity index (χ0n) is 15.1. The maximum Gasteiger partial charge on any atom is 0.309 e. The summed E-state index contributed by atoms with van der Waals surface area (Å²) in [5.41, 5.74) is 0.826. The molecule has 142 valence electrons. The summed E-state index contributed by atoms with van der Waals surface area (Å²) < 4.78 is 35.1. The Morgan fingerprint density at radius 2 is 1.74 bits per heavy atom. The van der Waals surface area contributed by atoms with Gasteiger partial charge in [0, 0.05) is 11.5 Å². The van der Waals surface area contributed by atoms with Gasteiger partial charge >= 0.3 is 10.1 Å². The maximum atomic E-state index is 12.0. The van der Waals surface area contributed by atoms with Crippen molar-refractivity contribution in [1.29, 1.82) is 0 Å². The lowest BCUT2D eigenvalue weighted by Crippen LogP contribution is -2.13. The second-order valence-electron chi connectivity index (χ2n) is 6.25. The molecule has 0 unspecified atom stereocenters. The number of aliphatic hydroxyl groups excluding tert-OH is 1. The average Bonchev–Trinajstić information content (AvgIpc) is 2.66. The number of ether oxygens (including phenoxy) is 1. The fourth-order valence-corrected chi connectivity index (χ4v) is 3.84. The molecular formula is C21H22O5S. The number of fused-ring (bicyclic) bond motifs is 1. The molecule has 0 fully saturated rings. The first-order valence-electron chi connectivity index (χ1n) is 8.83. The molecule has 1 N–H and O–H groups in total. The summed E-state index contributed by atoms with van der Waals surface area (Å²) in [6.45, 7) is 1.91. The van der Waals surface area contributed by atoms with Crippen LogP contribution in [0.3, 0.4) is 0 Å². The molecule has 0 aliphatic carbocycles. The molecule has 5 nitrogen and oxygen atoms in total. The van der Waals surface area contributed by atoms with Crippen molar-refractivity contribution in [2.24, 2.45) is 0 Å². The van der Waals surface area contributed by atoms with Crippen LogP contribution in [0.1, 0.15) is 25.3 Å². The van der Waals surface area contributed by atoms with Gasteiger partial charge in [0.1, 0.15) is 17.2 Å². The standard InChI is InChI=1S/C21H22O5S/c1-2-3-12-27(23,24)26-19-8-5-7-18(14-19)25-21-9-4-6-17-13-16(15-22)10-11-20(17)21/h4-11,13-14,22H,2-3,12,15H2,1H3. The first-order valence-corrected chi connectivity index (χ1v) is 10.4. The highest BCUT2D eigenvalue weighted by atomic mass is 32.2. The molecule has 0 heterocycles. The molecule has 0 radical (unpaired) electrons. The Labute approximate surface area is 159 Å². The van der Waals surface area contributed by atoms with E-state index in [0.29, 0.717) is 17.9 Å². The molecular weight excluding hydrogens is 364 g/mol. The van der Waals surface area contributed by atoms with Crippen LogP contribution in [0.4, 0.5) is 0 Å². The summed E-state index contributed by atoms with van der Waals surface area (Å²) in [7, 11) is -3.61. The SMILES string of the molecule is CCCCS(=O)(=O)Oc1cccc(Oc2cccc3cc(CO)ccc23)c1. The lowest BCUT2D eigenvalue weighted by molar-refractivity contribution is 0.282. The van der Waals surface area contributed by atoms with Crippen molar-refractivity contribution in [3.63, 3.8) is 0 Å². The van der Waals surface area contributed by atoms with Crippen molar-refractivity contribution >= 4 is 20.9 Å². The summed E-state index contributed by atoms with van der Waals surface area (Å²) in [5, 5.41) is 11.1. The van der Waals surface area contributed by atoms with E-state index in [-0.39, 0.29) is 18.1 Å². The van der Waals surface area contributed by atoms with Gasteiger partial charge < -0.3 is 14.0 Å². The average molecular weight is 386 g/mol. The molecule has 0 saturated carbocycles. The Hall–Kier alpha value is -2.57. The number of benzene rings is 3. The molecule has 0 aliphatic rings. The second kappa shape index (κ2) is 8.41. The Balaban J connectivity index is 1.83. The highest BCUT2D eigenvalue weighted by Crippen LogP contribution is 2.32. The summed E-state index contributed by atoms with van der Waals surface area (Å²) in [5.74, 6) is 1.34. The van der Waals surface area contributed by atoms with Crippen molar-refractivity contribution in [2.75, 3.05) is 5.75 Å². The van der Waals surface area contributed by atoms with Crippen LogP contribution >= 0.6 is 0 Å². The van der Waals surface area contributed by atoms with Gasteiger partial charge in [-0.2, -0.15) is 8.42 Å². The Morgan fingerprint density at radius 3 is 2.52 bits per heavy atom. The van der Waals surface area contributed by atoms with Crippen LogP contribution in [-0.4, -0.2) is 19.3 Å². The molecule has 0 aromatic heterocycles. The van der Waals surface area contributed by atoms with Gasteiger partial charge in [0.15, 0.2) is 0 Å². The number of hydrogen-bond acceptors (Lipinski definition) is 5. The van der Waals surface area contributed by atoms with Gasteiger partial charge in [-0.05, 0) is 41.6 Å². The summed E-state index contributed by atoms with van der Waals surface area (Å²) in [6, 6.07) is 17.9. The topological polar surface area (TPSA) is 72.8 Å². The second-order valence-corrected chi connectivity index (χ2v) is 7.94. The van der Waals surface area contributed by atoms with Gasteiger partial charge in [-0.3, -0.25) is 0 Å². The molecule has 3 aromatic carbocycles. The smallest absolute Gasteiger partial charge is 0.309 e. The monoisotopic (exact) mass is 386 g/mol. The van der Waals surface area contributed by atoms with E-state index in [1.807, 2.05) is 43.3 Å². The summed E-state index contributed by atoms with van der Waals surface area (Å²) in [6.07, 6.45) is 1.34. The van der Waals surface area contributed by atoms with E-state index < -0.39 is 10.1 Å². The van der Waals surface area contributed by atoms with Gasteiger partial charge in [-0.15, -0.1) is 0 Å². The highest BCUT2D eigenvalue weighted by molar-refractivity contribution is 7.87. The minimum absolute atomic E-state index is 0.00883.